The third-order valence-corrected chi connectivity index (χ3v) is 1.75. The van der Waals surface area contributed by atoms with Crippen LogP contribution in [-0.2, 0) is 4.84 Å². The fourth-order valence-electron chi connectivity index (χ4n) is 0.951. The first-order valence-electron chi connectivity index (χ1n) is 4.55. The molecule has 0 saturated carbocycles. The lowest BCUT2D eigenvalue weighted by molar-refractivity contribution is 0.0986. The summed E-state index contributed by atoms with van der Waals surface area (Å²) in [6.07, 6.45) is 1.65. The monoisotopic (exact) mass is 210 g/mol. The van der Waals surface area contributed by atoms with Crippen molar-refractivity contribution in [3.8, 4) is 5.88 Å². The van der Waals surface area contributed by atoms with Gasteiger partial charge in [-0.05, 0) is 13.0 Å². The minimum absolute atomic E-state index is 0.0440. The number of hydrogen-bond acceptors (Lipinski definition) is 5. The van der Waals surface area contributed by atoms with Crippen LogP contribution in [0.25, 0.3) is 0 Å². The Labute approximate surface area is 88.3 Å². The van der Waals surface area contributed by atoms with Crippen molar-refractivity contribution in [3.05, 3.63) is 23.9 Å². The van der Waals surface area contributed by atoms with Gasteiger partial charge in [-0.15, -0.1) is 0 Å². The highest BCUT2D eigenvalue weighted by atomic mass is 16.6. The molecule has 0 spiro atoms. The highest BCUT2D eigenvalue weighted by Crippen LogP contribution is 2.07. The second-order valence-corrected chi connectivity index (χ2v) is 2.82. The van der Waals surface area contributed by atoms with Crippen LogP contribution in [0.2, 0.25) is 0 Å². The molecule has 5 nitrogen and oxygen atoms in total. The fourth-order valence-corrected chi connectivity index (χ4v) is 0.951. The molecule has 1 heterocycles. The first-order chi connectivity index (χ1) is 7.27. The molecule has 0 bridgehead atoms. The molecule has 82 valence electrons. The van der Waals surface area contributed by atoms with Crippen LogP contribution >= 0.6 is 0 Å². The lowest BCUT2D eigenvalue weighted by Gasteiger charge is -2.02. The van der Waals surface area contributed by atoms with Crippen LogP contribution in [-0.4, -0.2) is 36.1 Å². The number of aliphatic hydroxyl groups is 1. The number of aliphatic hydroxyl groups excluding tert-OH is 1. The van der Waals surface area contributed by atoms with Crippen LogP contribution in [0.5, 0.6) is 5.88 Å². The van der Waals surface area contributed by atoms with Crippen molar-refractivity contribution < 1.29 is 14.7 Å². The van der Waals surface area contributed by atoms with Crippen LogP contribution in [0.3, 0.4) is 0 Å². The number of ether oxygens (including phenoxy) is 1. The molecule has 0 atom stereocenters. The molecule has 5 heteroatoms. The number of hydrogen-bond donors (Lipinski definition) is 1. The SMILES string of the molecule is COc1ccc(C(C)=NOCCO)cn1. The Morgan fingerprint density at radius 1 is 1.53 bits per heavy atom. The van der Waals surface area contributed by atoms with Crippen molar-refractivity contribution in [2.75, 3.05) is 20.3 Å². The molecule has 1 aromatic heterocycles. The molecule has 0 radical (unpaired) electrons. The summed E-state index contributed by atoms with van der Waals surface area (Å²) in [5.41, 5.74) is 1.56. The molecule has 0 aromatic carbocycles. The molecule has 15 heavy (non-hydrogen) atoms. The Kier molecular flexibility index (Phi) is 4.56. The number of rotatable bonds is 5. The van der Waals surface area contributed by atoms with Crippen molar-refractivity contribution in [2.45, 2.75) is 6.92 Å². The zero-order valence-corrected chi connectivity index (χ0v) is 8.80. The van der Waals surface area contributed by atoms with Gasteiger partial charge in [0.2, 0.25) is 5.88 Å². The molecule has 0 amide bonds. The summed E-state index contributed by atoms with van der Waals surface area (Å²) in [6, 6.07) is 3.59. The Bertz CT molecular complexity index is 322. The summed E-state index contributed by atoms with van der Waals surface area (Å²) >= 11 is 0. The Balaban J connectivity index is 2.65. The zero-order chi connectivity index (χ0) is 11.1. The second kappa shape index (κ2) is 5.98. The summed E-state index contributed by atoms with van der Waals surface area (Å²) in [7, 11) is 1.56. The van der Waals surface area contributed by atoms with E-state index in [0.717, 1.165) is 5.56 Å². The van der Waals surface area contributed by atoms with Crippen LogP contribution in [0.4, 0.5) is 0 Å². The van der Waals surface area contributed by atoms with Crippen molar-refractivity contribution in [3.63, 3.8) is 0 Å². The van der Waals surface area contributed by atoms with E-state index in [2.05, 4.69) is 10.1 Å². The number of pyridine rings is 1. The van der Waals surface area contributed by atoms with Crippen LogP contribution in [0, 0.1) is 0 Å². The maximum atomic E-state index is 8.49. The van der Waals surface area contributed by atoms with E-state index in [1.54, 1.807) is 26.3 Å². The molecule has 1 N–H and O–H groups in total. The summed E-state index contributed by atoms with van der Waals surface area (Å²) in [6.45, 7) is 1.96. The van der Waals surface area contributed by atoms with Crippen LogP contribution < -0.4 is 4.74 Å². The van der Waals surface area contributed by atoms with E-state index < -0.39 is 0 Å². The van der Waals surface area contributed by atoms with Gasteiger partial charge in [0, 0.05) is 17.8 Å². The highest BCUT2D eigenvalue weighted by Gasteiger charge is 1.99. The average Bonchev–Trinajstić information content (AvgIpc) is 2.29. The maximum Gasteiger partial charge on any atom is 0.212 e. The average molecular weight is 210 g/mol. The molecule has 0 aliphatic carbocycles. The lowest BCUT2D eigenvalue weighted by Crippen LogP contribution is -2.00. The normalized spacial score (nSPS) is 11.3. The third kappa shape index (κ3) is 3.55. The molecular formula is C10H14N2O3. The van der Waals surface area contributed by atoms with E-state index in [1.807, 2.05) is 6.07 Å². The predicted octanol–water partition coefficient (Wildman–Crippen LogP) is 0.823. The summed E-state index contributed by atoms with van der Waals surface area (Å²) < 4.78 is 4.93. The highest BCUT2D eigenvalue weighted by molar-refractivity contribution is 5.98. The van der Waals surface area contributed by atoms with Gasteiger partial charge in [0.15, 0.2) is 0 Å². The van der Waals surface area contributed by atoms with Crippen molar-refractivity contribution in [2.24, 2.45) is 5.16 Å². The molecular weight excluding hydrogens is 196 g/mol. The minimum Gasteiger partial charge on any atom is -0.481 e. The summed E-state index contributed by atoms with van der Waals surface area (Å²) in [5, 5.41) is 12.3. The molecule has 0 unspecified atom stereocenters. The van der Waals surface area contributed by atoms with Gasteiger partial charge in [0.25, 0.3) is 0 Å². The van der Waals surface area contributed by atoms with E-state index in [0.29, 0.717) is 11.6 Å². The Hall–Kier alpha value is -1.62. The topological polar surface area (TPSA) is 63.9 Å². The Morgan fingerprint density at radius 3 is 2.87 bits per heavy atom. The van der Waals surface area contributed by atoms with Crippen LogP contribution in [0.1, 0.15) is 12.5 Å². The van der Waals surface area contributed by atoms with Crippen molar-refractivity contribution >= 4 is 5.71 Å². The summed E-state index contributed by atoms with van der Waals surface area (Å²) in [4.78, 5) is 8.87. The number of oxime groups is 1. The summed E-state index contributed by atoms with van der Waals surface area (Å²) in [5.74, 6) is 0.558. The molecule has 0 aliphatic heterocycles. The van der Waals surface area contributed by atoms with Gasteiger partial charge in [0.1, 0.15) is 6.61 Å². The van der Waals surface area contributed by atoms with E-state index in [9.17, 15) is 0 Å². The zero-order valence-electron chi connectivity index (χ0n) is 8.80. The largest absolute Gasteiger partial charge is 0.481 e. The van der Waals surface area contributed by atoms with Gasteiger partial charge in [-0.3, -0.25) is 0 Å². The second-order valence-electron chi connectivity index (χ2n) is 2.82. The van der Waals surface area contributed by atoms with Gasteiger partial charge in [0.05, 0.1) is 19.4 Å². The lowest BCUT2D eigenvalue weighted by atomic mass is 10.2. The predicted molar refractivity (Wildman–Crippen MR) is 56.0 cm³/mol. The quantitative estimate of drug-likeness (QED) is 0.444. The van der Waals surface area contributed by atoms with Gasteiger partial charge in [-0.1, -0.05) is 5.16 Å². The van der Waals surface area contributed by atoms with Crippen molar-refractivity contribution in [1.29, 1.82) is 0 Å². The first kappa shape index (κ1) is 11.5. The van der Waals surface area contributed by atoms with E-state index in [4.69, 9.17) is 14.7 Å². The van der Waals surface area contributed by atoms with E-state index >= 15 is 0 Å². The number of nitrogens with zero attached hydrogens (tertiary/aromatic N) is 2. The molecule has 0 fully saturated rings. The van der Waals surface area contributed by atoms with E-state index in [1.165, 1.54) is 0 Å². The third-order valence-electron chi connectivity index (χ3n) is 1.75. The van der Waals surface area contributed by atoms with Gasteiger partial charge < -0.3 is 14.7 Å². The number of aromatic nitrogens is 1. The van der Waals surface area contributed by atoms with Crippen molar-refractivity contribution in [1.82, 2.24) is 4.98 Å². The fraction of sp³-hybridized carbons (Fsp3) is 0.400. The van der Waals surface area contributed by atoms with E-state index in [-0.39, 0.29) is 13.2 Å². The first-order valence-corrected chi connectivity index (χ1v) is 4.55. The van der Waals surface area contributed by atoms with Gasteiger partial charge >= 0.3 is 0 Å². The molecule has 1 aromatic rings. The standard InChI is InChI=1S/C10H14N2O3/c1-8(12-15-6-5-13)9-3-4-10(14-2)11-7-9/h3-4,7,13H,5-6H2,1-2H3. The van der Waals surface area contributed by atoms with Gasteiger partial charge in [-0.2, -0.15) is 0 Å². The minimum atomic E-state index is -0.0440. The number of methoxy groups -OCH3 is 1. The Morgan fingerprint density at radius 2 is 2.33 bits per heavy atom. The maximum absolute atomic E-state index is 8.49. The van der Waals surface area contributed by atoms with Crippen LogP contribution in [0.15, 0.2) is 23.5 Å². The molecule has 0 saturated heterocycles. The van der Waals surface area contributed by atoms with Gasteiger partial charge in [-0.25, -0.2) is 4.98 Å². The molecule has 0 aliphatic rings. The molecule has 1 rings (SSSR count). The smallest absolute Gasteiger partial charge is 0.212 e.